The molecule has 1 aromatic carbocycles. The smallest absolute Gasteiger partial charge is 0.207 e. The van der Waals surface area contributed by atoms with E-state index in [0.29, 0.717) is 10.4 Å². The molecule has 3 nitrogen and oxygen atoms in total. The molecule has 21 heavy (non-hydrogen) atoms. The van der Waals surface area contributed by atoms with Crippen LogP contribution in [-0.4, -0.2) is 19.8 Å². The van der Waals surface area contributed by atoms with Crippen molar-refractivity contribution in [3.63, 3.8) is 0 Å². The van der Waals surface area contributed by atoms with Crippen molar-refractivity contribution in [2.75, 3.05) is 7.05 Å². The molecule has 7 heteroatoms. The Bertz CT molecular complexity index is 758. The fraction of sp³-hybridized carbons (Fsp3) is 0.286. The predicted octanol–water partition coefficient (Wildman–Crippen LogP) is 4.34. The molecule has 0 aliphatic heterocycles. The first-order chi connectivity index (χ1) is 9.75. The average Bonchev–Trinajstić information content (AvgIpc) is 2.77. The van der Waals surface area contributed by atoms with Crippen LogP contribution < -0.4 is 0 Å². The van der Waals surface area contributed by atoms with E-state index in [4.69, 9.17) is 0 Å². The molecule has 0 spiro atoms. The molecular formula is C14H15BrFNO2S2. The van der Waals surface area contributed by atoms with Crippen molar-refractivity contribution in [3.05, 3.63) is 50.4 Å². The third-order valence-electron chi connectivity index (χ3n) is 3.40. The third kappa shape index (κ3) is 3.21. The molecule has 1 heterocycles. The molecule has 1 unspecified atom stereocenters. The Labute approximate surface area is 136 Å². The number of hydrogen-bond acceptors (Lipinski definition) is 3. The van der Waals surface area contributed by atoms with E-state index in [1.54, 1.807) is 38.1 Å². The molecule has 0 N–H and O–H groups in total. The van der Waals surface area contributed by atoms with Gasteiger partial charge in [0, 0.05) is 23.5 Å². The second-order valence-corrected chi connectivity index (χ2v) is 9.29. The minimum Gasteiger partial charge on any atom is -0.207 e. The van der Waals surface area contributed by atoms with Crippen LogP contribution in [0, 0.1) is 12.7 Å². The fourth-order valence-corrected chi connectivity index (χ4v) is 5.78. The van der Waals surface area contributed by atoms with Crippen LogP contribution >= 0.6 is 27.3 Å². The summed E-state index contributed by atoms with van der Waals surface area (Å²) in [7, 11) is -2.20. The maximum Gasteiger partial charge on any atom is 0.244 e. The van der Waals surface area contributed by atoms with Crippen LogP contribution in [0.5, 0.6) is 0 Å². The molecule has 0 saturated heterocycles. The van der Waals surface area contributed by atoms with Gasteiger partial charge in [-0.25, -0.2) is 12.8 Å². The number of halogens is 2. The van der Waals surface area contributed by atoms with Gasteiger partial charge < -0.3 is 0 Å². The zero-order valence-electron chi connectivity index (χ0n) is 11.8. The lowest BCUT2D eigenvalue weighted by Crippen LogP contribution is -2.30. The number of benzene rings is 1. The maximum atomic E-state index is 13.8. The fourth-order valence-electron chi connectivity index (χ4n) is 2.06. The van der Waals surface area contributed by atoms with E-state index in [9.17, 15) is 12.8 Å². The predicted molar refractivity (Wildman–Crippen MR) is 86.5 cm³/mol. The first kappa shape index (κ1) is 16.6. The lowest BCUT2D eigenvalue weighted by Gasteiger charge is -2.24. The minimum absolute atomic E-state index is 0.255. The van der Waals surface area contributed by atoms with Crippen molar-refractivity contribution >= 4 is 37.3 Å². The molecule has 0 radical (unpaired) electrons. The summed E-state index contributed by atoms with van der Waals surface area (Å²) >= 11 is 4.65. The van der Waals surface area contributed by atoms with Crippen molar-refractivity contribution in [2.24, 2.45) is 0 Å². The number of thiophene rings is 1. The SMILES string of the molecule is Cc1sc(Br)cc1S(=O)(=O)N(C)C(C)c1ccccc1F. The maximum absolute atomic E-state index is 13.8. The van der Waals surface area contributed by atoms with Gasteiger partial charge in [0.2, 0.25) is 10.0 Å². The number of rotatable bonds is 4. The van der Waals surface area contributed by atoms with Gasteiger partial charge in [0.05, 0.1) is 8.68 Å². The van der Waals surface area contributed by atoms with Crippen molar-refractivity contribution in [1.29, 1.82) is 0 Å². The third-order valence-corrected chi connectivity index (χ3v) is 7.14. The molecule has 2 aromatic rings. The largest absolute Gasteiger partial charge is 0.244 e. The summed E-state index contributed by atoms with van der Waals surface area (Å²) in [6, 6.07) is 7.21. The van der Waals surface area contributed by atoms with E-state index < -0.39 is 21.9 Å². The van der Waals surface area contributed by atoms with E-state index in [-0.39, 0.29) is 4.90 Å². The van der Waals surface area contributed by atoms with Gasteiger partial charge >= 0.3 is 0 Å². The number of hydrogen-bond donors (Lipinski definition) is 0. The van der Waals surface area contributed by atoms with Crippen molar-refractivity contribution in [1.82, 2.24) is 4.31 Å². The molecule has 1 aromatic heterocycles. The minimum atomic E-state index is -3.67. The summed E-state index contributed by atoms with van der Waals surface area (Å²) in [4.78, 5) is 0.958. The Balaban J connectivity index is 2.41. The van der Waals surface area contributed by atoms with E-state index in [1.807, 2.05) is 0 Å². The Hall–Kier alpha value is -0.760. The molecule has 0 bridgehead atoms. The van der Waals surface area contributed by atoms with E-state index >= 15 is 0 Å². The summed E-state index contributed by atoms with van der Waals surface area (Å²) in [5, 5.41) is 0. The summed E-state index contributed by atoms with van der Waals surface area (Å²) in [5.74, 6) is -0.407. The number of aryl methyl sites for hydroxylation is 1. The molecule has 0 amide bonds. The Kier molecular flexibility index (Phi) is 4.87. The Morgan fingerprint density at radius 2 is 1.95 bits per heavy atom. The second-order valence-electron chi connectivity index (χ2n) is 4.69. The van der Waals surface area contributed by atoms with Gasteiger partial charge in [-0.2, -0.15) is 4.31 Å². The molecule has 2 rings (SSSR count). The standard InChI is InChI=1S/C14H15BrFNO2S2/c1-9(11-6-4-5-7-12(11)16)17(3)21(18,19)13-8-14(15)20-10(13)2/h4-9H,1-3H3. The first-order valence-corrected chi connectivity index (χ1v) is 9.28. The molecule has 0 aliphatic carbocycles. The summed E-state index contributed by atoms with van der Waals surface area (Å²) in [6.07, 6.45) is 0. The van der Waals surface area contributed by atoms with Crippen molar-refractivity contribution in [3.8, 4) is 0 Å². The van der Waals surface area contributed by atoms with Gasteiger partial charge in [0.1, 0.15) is 5.82 Å². The number of sulfonamides is 1. The summed E-state index contributed by atoms with van der Waals surface area (Å²) < 4.78 is 41.2. The Morgan fingerprint density at radius 3 is 2.48 bits per heavy atom. The van der Waals surface area contributed by atoms with Crippen LogP contribution in [0.4, 0.5) is 4.39 Å². The van der Waals surface area contributed by atoms with E-state index in [2.05, 4.69) is 15.9 Å². The molecule has 1 atom stereocenters. The highest BCUT2D eigenvalue weighted by Crippen LogP contribution is 2.34. The second kappa shape index (κ2) is 6.16. The highest BCUT2D eigenvalue weighted by atomic mass is 79.9. The molecule has 0 fully saturated rings. The topological polar surface area (TPSA) is 37.4 Å². The normalized spacial score (nSPS) is 13.6. The molecule has 0 saturated carbocycles. The summed E-state index contributed by atoms with van der Waals surface area (Å²) in [5.41, 5.74) is 0.357. The van der Waals surface area contributed by atoms with Gasteiger partial charge in [0.15, 0.2) is 0 Å². The van der Waals surface area contributed by atoms with Crippen LogP contribution in [0.2, 0.25) is 0 Å². The molecule has 114 valence electrons. The van der Waals surface area contributed by atoms with Crippen LogP contribution in [0.1, 0.15) is 23.4 Å². The highest BCUT2D eigenvalue weighted by molar-refractivity contribution is 9.11. The molecule has 0 aliphatic rings. The van der Waals surface area contributed by atoms with Crippen molar-refractivity contribution in [2.45, 2.75) is 24.8 Å². The van der Waals surface area contributed by atoms with Gasteiger partial charge in [-0.05, 0) is 41.9 Å². The van der Waals surface area contributed by atoms with E-state index in [1.165, 1.54) is 28.8 Å². The average molecular weight is 392 g/mol. The van der Waals surface area contributed by atoms with E-state index in [0.717, 1.165) is 3.79 Å². The highest BCUT2D eigenvalue weighted by Gasteiger charge is 2.30. The number of nitrogens with zero attached hydrogens (tertiary/aromatic N) is 1. The quantitative estimate of drug-likeness (QED) is 0.776. The summed E-state index contributed by atoms with van der Waals surface area (Å²) in [6.45, 7) is 3.43. The van der Waals surface area contributed by atoms with Gasteiger partial charge in [-0.3, -0.25) is 0 Å². The van der Waals surface area contributed by atoms with Crippen LogP contribution in [0.15, 0.2) is 39.0 Å². The van der Waals surface area contributed by atoms with Gasteiger partial charge in [-0.1, -0.05) is 18.2 Å². The van der Waals surface area contributed by atoms with Crippen molar-refractivity contribution < 1.29 is 12.8 Å². The molecular weight excluding hydrogens is 377 g/mol. The zero-order valence-corrected chi connectivity index (χ0v) is 15.0. The van der Waals surface area contributed by atoms with Crippen LogP contribution in [-0.2, 0) is 10.0 Å². The van der Waals surface area contributed by atoms with Crippen LogP contribution in [0.25, 0.3) is 0 Å². The monoisotopic (exact) mass is 391 g/mol. The zero-order chi connectivity index (χ0) is 15.8. The lowest BCUT2D eigenvalue weighted by molar-refractivity contribution is 0.387. The van der Waals surface area contributed by atoms with Gasteiger partial charge in [-0.15, -0.1) is 11.3 Å². The van der Waals surface area contributed by atoms with Crippen LogP contribution in [0.3, 0.4) is 0 Å². The first-order valence-electron chi connectivity index (χ1n) is 6.23. The Morgan fingerprint density at radius 1 is 1.33 bits per heavy atom. The lowest BCUT2D eigenvalue weighted by atomic mass is 10.1. The van der Waals surface area contributed by atoms with Gasteiger partial charge in [0.25, 0.3) is 0 Å².